The van der Waals surface area contributed by atoms with Gasteiger partial charge in [-0.3, -0.25) is 4.79 Å². The lowest BCUT2D eigenvalue weighted by Gasteiger charge is -2.39. The molecule has 0 radical (unpaired) electrons. The molecule has 3 heterocycles. The van der Waals surface area contributed by atoms with E-state index in [0.717, 1.165) is 17.1 Å². The smallest absolute Gasteiger partial charge is 0.264 e. The summed E-state index contributed by atoms with van der Waals surface area (Å²) in [6.07, 6.45) is 1.53. The number of aromatic nitrogens is 3. The number of rotatable bonds is 7. The molecule has 0 bridgehead atoms. The normalized spacial score (nSPS) is 13.8. The Morgan fingerprint density at radius 3 is 2.42 bits per heavy atom. The van der Waals surface area contributed by atoms with Gasteiger partial charge in [-0.25, -0.2) is 23.1 Å². The van der Waals surface area contributed by atoms with Crippen LogP contribution in [0.2, 0.25) is 0 Å². The molecule has 36 heavy (non-hydrogen) atoms. The summed E-state index contributed by atoms with van der Waals surface area (Å²) >= 11 is 0. The van der Waals surface area contributed by atoms with E-state index in [1.54, 1.807) is 26.0 Å². The number of nitrogens with zero attached hydrogens (tertiary/aromatic N) is 4. The molecule has 10 nitrogen and oxygen atoms in total. The van der Waals surface area contributed by atoms with Crippen molar-refractivity contribution in [1.82, 2.24) is 15.1 Å². The van der Waals surface area contributed by atoms with Crippen molar-refractivity contribution in [2.24, 2.45) is 5.92 Å². The number of aryl methyl sites for hydroxylation is 1. The van der Waals surface area contributed by atoms with Crippen LogP contribution in [0.15, 0.2) is 76.4 Å². The van der Waals surface area contributed by atoms with Crippen molar-refractivity contribution in [3.8, 4) is 11.3 Å². The first-order valence-electron chi connectivity index (χ1n) is 11.3. The Morgan fingerprint density at radius 2 is 1.75 bits per heavy atom. The maximum atomic E-state index is 12.7. The van der Waals surface area contributed by atoms with E-state index in [2.05, 4.69) is 25.2 Å². The van der Waals surface area contributed by atoms with Gasteiger partial charge in [0.25, 0.3) is 10.0 Å². The predicted molar refractivity (Wildman–Crippen MR) is 135 cm³/mol. The summed E-state index contributed by atoms with van der Waals surface area (Å²) in [6.45, 7) is 4.51. The molecular weight excluding hydrogens is 480 g/mol. The van der Waals surface area contributed by atoms with Crippen LogP contribution in [0.25, 0.3) is 11.3 Å². The molecule has 0 unspecified atom stereocenters. The van der Waals surface area contributed by atoms with Crippen LogP contribution in [-0.2, 0) is 14.8 Å². The number of sulfonamides is 1. The van der Waals surface area contributed by atoms with Crippen molar-refractivity contribution in [3.63, 3.8) is 0 Å². The summed E-state index contributed by atoms with van der Waals surface area (Å²) in [4.78, 5) is 23.5. The van der Waals surface area contributed by atoms with Crippen LogP contribution in [0.1, 0.15) is 11.3 Å². The van der Waals surface area contributed by atoms with Crippen molar-refractivity contribution in [2.75, 3.05) is 28.0 Å². The van der Waals surface area contributed by atoms with Crippen molar-refractivity contribution >= 4 is 33.3 Å². The zero-order valence-corrected chi connectivity index (χ0v) is 20.5. The minimum Gasteiger partial charge on any atom is -0.355 e. The Labute approximate surface area is 208 Å². The van der Waals surface area contributed by atoms with Crippen molar-refractivity contribution in [2.45, 2.75) is 18.7 Å². The second-order valence-corrected chi connectivity index (χ2v) is 10.3. The second-order valence-electron chi connectivity index (χ2n) is 8.57. The van der Waals surface area contributed by atoms with Crippen LogP contribution in [0.5, 0.6) is 0 Å². The molecule has 0 aliphatic carbocycles. The van der Waals surface area contributed by atoms with E-state index in [1.807, 2.05) is 41.3 Å². The Hall–Kier alpha value is -4.25. The molecule has 1 amide bonds. The molecule has 1 fully saturated rings. The van der Waals surface area contributed by atoms with Gasteiger partial charge in [0.15, 0.2) is 0 Å². The van der Waals surface area contributed by atoms with E-state index in [9.17, 15) is 13.2 Å². The van der Waals surface area contributed by atoms with Crippen LogP contribution in [-0.4, -0.2) is 42.5 Å². The molecule has 1 saturated heterocycles. The van der Waals surface area contributed by atoms with Gasteiger partial charge in [-0.05, 0) is 38.1 Å². The van der Waals surface area contributed by atoms with E-state index in [-0.39, 0.29) is 22.6 Å². The quantitative estimate of drug-likeness (QED) is 0.390. The van der Waals surface area contributed by atoms with Gasteiger partial charge >= 0.3 is 0 Å². The van der Waals surface area contributed by atoms with Crippen LogP contribution >= 0.6 is 0 Å². The van der Waals surface area contributed by atoms with Gasteiger partial charge in [0.05, 0.1) is 22.2 Å². The zero-order chi connectivity index (χ0) is 25.3. The number of carbonyl (C=O) groups excluding carboxylic acids is 1. The highest BCUT2D eigenvalue weighted by molar-refractivity contribution is 7.92. The van der Waals surface area contributed by atoms with E-state index in [4.69, 9.17) is 4.52 Å². The molecule has 184 valence electrons. The lowest BCUT2D eigenvalue weighted by atomic mass is 9.99. The Kier molecular flexibility index (Phi) is 6.15. The van der Waals surface area contributed by atoms with Gasteiger partial charge in [-0.2, -0.15) is 0 Å². The summed E-state index contributed by atoms with van der Waals surface area (Å²) in [6, 6.07) is 17.7. The molecular formula is C25H24N6O4S. The summed E-state index contributed by atoms with van der Waals surface area (Å²) in [7, 11) is -3.85. The molecule has 1 aliphatic rings. The molecule has 11 heteroatoms. The fourth-order valence-corrected chi connectivity index (χ4v) is 4.82. The van der Waals surface area contributed by atoms with Gasteiger partial charge in [-0.1, -0.05) is 35.5 Å². The Bertz CT molecular complexity index is 1500. The Balaban J connectivity index is 1.18. The minimum atomic E-state index is -3.85. The highest BCUT2D eigenvalue weighted by Crippen LogP contribution is 2.27. The Morgan fingerprint density at radius 1 is 1.03 bits per heavy atom. The van der Waals surface area contributed by atoms with Gasteiger partial charge < -0.3 is 14.7 Å². The number of hydrogen-bond acceptors (Lipinski definition) is 8. The van der Waals surface area contributed by atoms with Gasteiger partial charge in [0.2, 0.25) is 11.8 Å². The number of hydrogen-bond donors (Lipinski definition) is 2. The van der Waals surface area contributed by atoms with Gasteiger partial charge in [-0.15, -0.1) is 0 Å². The maximum absolute atomic E-state index is 12.7. The molecule has 0 atom stereocenters. The number of carbonyl (C=O) groups is 1. The fourth-order valence-electron chi connectivity index (χ4n) is 3.77. The highest BCUT2D eigenvalue weighted by Gasteiger charge is 2.33. The number of amides is 1. The number of nitrogens with one attached hydrogen (secondary N) is 2. The molecule has 2 N–H and O–H groups in total. The topological polar surface area (TPSA) is 130 Å². The van der Waals surface area contributed by atoms with Gasteiger partial charge in [0.1, 0.15) is 12.1 Å². The fraction of sp³-hybridized carbons (Fsp3) is 0.200. The average molecular weight is 505 g/mol. The summed E-state index contributed by atoms with van der Waals surface area (Å²) in [5.41, 5.74) is 3.57. The third-order valence-corrected chi connectivity index (χ3v) is 7.46. The third-order valence-electron chi connectivity index (χ3n) is 6.11. The first kappa shape index (κ1) is 23.5. The minimum absolute atomic E-state index is 0.0433. The zero-order valence-electron chi connectivity index (χ0n) is 19.7. The number of benzene rings is 2. The summed E-state index contributed by atoms with van der Waals surface area (Å²) in [5.74, 6) is 0.513. The van der Waals surface area contributed by atoms with Gasteiger partial charge in [0, 0.05) is 36.0 Å². The molecule has 1 aliphatic heterocycles. The van der Waals surface area contributed by atoms with E-state index in [1.165, 1.54) is 18.5 Å². The first-order chi connectivity index (χ1) is 17.3. The van der Waals surface area contributed by atoms with Crippen LogP contribution < -0.4 is 14.9 Å². The van der Waals surface area contributed by atoms with E-state index < -0.39 is 10.0 Å². The molecule has 5 rings (SSSR count). The molecule has 4 aromatic rings. The summed E-state index contributed by atoms with van der Waals surface area (Å²) < 4.78 is 32.7. The summed E-state index contributed by atoms with van der Waals surface area (Å²) in [5, 5.41) is 6.61. The monoisotopic (exact) mass is 504 g/mol. The molecule has 2 aromatic carbocycles. The number of anilines is 3. The van der Waals surface area contributed by atoms with Crippen LogP contribution in [0.3, 0.4) is 0 Å². The lowest BCUT2D eigenvalue weighted by molar-refractivity contribution is -0.120. The first-order valence-corrected chi connectivity index (χ1v) is 12.8. The molecule has 0 saturated carbocycles. The van der Waals surface area contributed by atoms with E-state index >= 15 is 0 Å². The molecule has 0 spiro atoms. The maximum Gasteiger partial charge on any atom is 0.264 e. The van der Waals surface area contributed by atoms with Crippen molar-refractivity contribution < 1.29 is 17.7 Å². The van der Waals surface area contributed by atoms with Crippen molar-refractivity contribution in [3.05, 3.63) is 78.2 Å². The van der Waals surface area contributed by atoms with Crippen molar-refractivity contribution in [1.29, 1.82) is 0 Å². The SMILES string of the molecule is Cc1noc(NS(=O)(=O)c2ccc(NC(=O)C3CN(c4cc(-c5ccccc5)ncn4)C3)cc2)c1C. The standard InChI is InChI=1S/C25H24N6O4S/c1-16-17(2)29-35-25(16)30-36(33,34)21-10-8-20(9-11-21)28-24(32)19-13-31(14-19)23-12-22(26-15-27-23)18-6-4-3-5-7-18/h3-12,15,19,30H,13-14H2,1-2H3,(H,28,32). The second kappa shape index (κ2) is 9.42. The van der Waals surface area contributed by atoms with Crippen LogP contribution in [0, 0.1) is 19.8 Å². The third kappa shape index (κ3) is 4.78. The highest BCUT2D eigenvalue weighted by atomic mass is 32.2. The average Bonchev–Trinajstić information content (AvgIpc) is 3.16. The predicted octanol–water partition coefficient (Wildman–Crippen LogP) is 3.62. The largest absolute Gasteiger partial charge is 0.355 e. The lowest BCUT2D eigenvalue weighted by Crippen LogP contribution is -2.52. The van der Waals surface area contributed by atoms with Crippen LogP contribution in [0.4, 0.5) is 17.4 Å². The molecule has 2 aromatic heterocycles. The van der Waals surface area contributed by atoms with E-state index in [0.29, 0.717) is 30.0 Å².